The van der Waals surface area contributed by atoms with E-state index in [1.807, 2.05) is 0 Å². The normalized spacial score (nSPS) is 12.2. The standard InChI is InChI=1S/C15H20ClF3N3O4/c1-3-6-22(7-4-2,8-5-16)14-12(20(23)24)9-11(15(17,18)19)10-13(14)21(25)26/h9-10H,3-8H2,1-2H3/q+1. The number of quaternary nitrogens is 1. The first-order valence-electron chi connectivity index (χ1n) is 8.00. The quantitative estimate of drug-likeness (QED) is 0.256. The summed E-state index contributed by atoms with van der Waals surface area (Å²) in [5.41, 5.74) is -3.55. The number of nitrogens with zero attached hydrogens (tertiary/aromatic N) is 3. The van der Waals surface area contributed by atoms with Gasteiger partial charge in [0.1, 0.15) is 0 Å². The number of rotatable bonds is 9. The molecule has 1 aromatic carbocycles. The number of hydrogen-bond acceptors (Lipinski definition) is 4. The molecule has 26 heavy (non-hydrogen) atoms. The van der Waals surface area contributed by atoms with Crippen LogP contribution in [0, 0.1) is 20.2 Å². The third-order valence-corrected chi connectivity index (χ3v) is 4.25. The molecule has 11 heteroatoms. The van der Waals surface area contributed by atoms with Crippen molar-refractivity contribution in [1.82, 2.24) is 4.48 Å². The van der Waals surface area contributed by atoms with Gasteiger partial charge in [0.05, 0.1) is 40.9 Å². The Labute approximate surface area is 153 Å². The van der Waals surface area contributed by atoms with E-state index in [2.05, 4.69) is 0 Å². The molecule has 0 fully saturated rings. The summed E-state index contributed by atoms with van der Waals surface area (Å²) >= 11 is 5.84. The first-order valence-corrected chi connectivity index (χ1v) is 8.54. The van der Waals surface area contributed by atoms with E-state index in [9.17, 15) is 33.4 Å². The summed E-state index contributed by atoms with van der Waals surface area (Å²) in [5, 5.41) is 23.0. The molecule has 0 saturated heterocycles. The second-order valence-corrected chi connectivity index (χ2v) is 6.26. The number of hydrogen-bond donors (Lipinski definition) is 0. The molecular weight excluding hydrogens is 379 g/mol. The van der Waals surface area contributed by atoms with Gasteiger partial charge >= 0.3 is 17.6 Å². The van der Waals surface area contributed by atoms with E-state index >= 15 is 0 Å². The summed E-state index contributed by atoms with van der Waals surface area (Å²) in [6, 6.07) is 0.740. The minimum atomic E-state index is -4.94. The highest BCUT2D eigenvalue weighted by Gasteiger charge is 2.46. The number of alkyl halides is 4. The van der Waals surface area contributed by atoms with E-state index < -0.39 is 33.0 Å². The molecule has 0 heterocycles. The van der Waals surface area contributed by atoms with Gasteiger partial charge in [0.15, 0.2) is 0 Å². The molecule has 146 valence electrons. The van der Waals surface area contributed by atoms with Crippen LogP contribution in [0.1, 0.15) is 32.3 Å². The lowest BCUT2D eigenvalue weighted by atomic mass is 10.1. The Hall–Kier alpha value is -1.94. The zero-order chi connectivity index (χ0) is 20.1. The van der Waals surface area contributed by atoms with Crippen molar-refractivity contribution in [1.29, 1.82) is 0 Å². The Morgan fingerprint density at radius 3 is 1.69 bits per heavy atom. The maximum atomic E-state index is 13.1. The van der Waals surface area contributed by atoms with Crippen LogP contribution < -0.4 is 4.48 Å². The van der Waals surface area contributed by atoms with Gasteiger partial charge in [-0.25, -0.2) is 0 Å². The first-order chi connectivity index (χ1) is 12.0. The number of halogens is 4. The van der Waals surface area contributed by atoms with Crippen LogP contribution in [0.25, 0.3) is 0 Å². The lowest BCUT2D eigenvalue weighted by Gasteiger charge is -2.36. The monoisotopic (exact) mass is 398 g/mol. The highest BCUT2D eigenvalue weighted by molar-refractivity contribution is 6.18. The number of nitro benzene ring substituents is 2. The molecule has 1 rings (SSSR count). The van der Waals surface area contributed by atoms with Crippen LogP contribution in [0.3, 0.4) is 0 Å². The maximum Gasteiger partial charge on any atom is 0.416 e. The number of nitro groups is 2. The van der Waals surface area contributed by atoms with E-state index in [-0.39, 0.29) is 35.7 Å². The van der Waals surface area contributed by atoms with Crippen molar-refractivity contribution in [2.24, 2.45) is 0 Å². The zero-order valence-corrected chi connectivity index (χ0v) is 15.1. The first kappa shape index (κ1) is 22.1. The van der Waals surface area contributed by atoms with Crippen molar-refractivity contribution in [3.63, 3.8) is 0 Å². The molecule has 0 spiro atoms. The average molecular weight is 399 g/mol. The van der Waals surface area contributed by atoms with Gasteiger partial charge in [-0.15, -0.1) is 11.6 Å². The lowest BCUT2D eigenvalue weighted by Crippen LogP contribution is -2.52. The van der Waals surface area contributed by atoms with E-state index in [1.165, 1.54) is 0 Å². The van der Waals surface area contributed by atoms with Gasteiger partial charge in [-0.3, -0.25) is 24.7 Å². The Balaban J connectivity index is 3.95. The summed E-state index contributed by atoms with van der Waals surface area (Å²) in [6.45, 7) is 4.29. The highest BCUT2D eigenvalue weighted by atomic mass is 35.5. The second kappa shape index (κ2) is 8.63. The Morgan fingerprint density at radius 1 is 1.00 bits per heavy atom. The van der Waals surface area contributed by atoms with Gasteiger partial charge in [-0.05, 0) is 12.8 Å². The summed E-state index contributed by atoms with van der Waals surface area (Å²) < 4.78 is 39.0. The molecule has 0 radical (unpaired) electrons. The van der Waals surface area contributed by atoms with Crippen molar-refractivity contribution in [2.75, 3.05) is 25.5 Å². The molecule has 1 aromatic rings. The van der Waals surface area contributed by atoms with E-state index in [4.69, 9.17) is 11.6 Å². The van der Waals surface area contributed by atoms with Gasteiger partial charge in [0.2, 0.25) is 0 Å². The predicted molar refractivity (Wildman–Crippen MR) is 92.4 cm³/mol. The molecular formula is C15H20ClF3N3O4+. The Morgan fingerprint density at radius 2 is 1.42 bits per heavy atom. The van der Waals surface area contributed by atoms with Crippen LogP contribution in [0.2, 0.25) is 0 Å². The fourth-order valence-corrected chi connectivity index (χ4v) is 3.54. The second-order valence-electron chi connectivity index (χ2n) is 5.88. The molecule has 7 nitrogen and oxygen atoms in total. The lowest BCUT2D eigenvalue weighted by molar-refractivity contribution is -0.394. The van der Waals surface area contributed by atoms with Crippen molar-refractivity contribution in [3.05, 3.63) is 37.9 Å². The van der Waals surface area contributed by atoms with Crippen LogP contribution in [0.5, 0.6) is 0 Å². The number of benzene rings is 1. The molecule has 0 unspecified atom stereocenters. The Kier molecular flexibility index (Phi) is 7.34. The van der Waals surface area contributed by atoms with Crippen molar-refractivity contribution in [3.8, 4) is 0 Å². The van der Waals surface area contributed by atoms with Crippen LogP contribution in [-0.4, -0.2) is 35.4 Å². The Bertz CT molecular complexity index is 631. The minimum Gasteiger partial charge on any atom is -0.278 e. The van der Waals surface area contributed by atoms with Gasteiger partial charge < -0.3 is 0 Å². The molecule has 0 aliphatic carbocycles. The SMILES string of the molecule is CCC[N+](CCC)(CCCl)c1c([N+](=O)[O-])cc(C(F)(F)F)cc1[N+](=O)[O-]. The van der Waals surface area contributed by atoms with Crippen LogP contribution in [0.4, 0.5) is 30.2 Å². The molecule has 0 aliphatic rings. The van der Waals surface area contributed by atoms with Gasteiger partial charge in [0.25, 0.3) is 5.69 Å². The van der Waals surface area contributed by atoms with Crippen LogP contribution in [0.15, 0.2) is 12.1 Å². The molecule has 0 aromatic heterocycles. The van der Waals surface area contributed by atoms with Crippen LogP contribution in [-0.2, 0) is 6.18 Å². The van der Waals surface area contributed by atoms with Gasteiger partial charge in [-0.1, -0.05) is 13.8 Å². The van der Waals surface area contributed by atoms with E-state index in [0.29, 0.717) is 25.0 Å². The average Bonchev–Trinajstić information content (AvgIpc) is 2.53. The molecule has 0 amide bonds. The third kappa shape index (κ3) is 4.61. The zero-order valence-electron chi connectivity index (χ0n) is 14.4. The molecule has 0 N–H and O–H groups in total. The van der Waals surface area contributed by atoms with Crippen molar-refractivity contribution >= 4 is 28.7 Å². The largest absolute Gasteiger partial charge is 0.416 e. The fourth-order valence-electron chi connectivity index (χ4n) is 3.22. The smallest absolute Gasteiger partial charge is 0.278 e. The minimum absolute atomic E-state index is 0.0509. The summed E-state index contributed by atoms with van der Waals surface area (Å²) in [6.07, 6.45) is -3.90. The summed E-state index contributed by atoms with van der Waals surface area (Å²) in [7, 11) is 0. The molecule has 0 saturated carbocycles. The fraction of sp³-hybridized carbons (Fsp3) is 0.600. The van der Waals surface area contributed by atoms with E-state index in [0.717, 1.165) is 0 Å². The summed E-state index contributed by atoms with van der Waals surface area (Å²) in [4.78, 5) is 21.0. The molecule has 0 atom stereocenters. The maximum absolute atomic E-state index is 13.1. The van der Waals surface area contributed by atoms with E-state index in [1.54, 1.807) is 13.8 Å². The highest BCUT2D eigenvalue weighted by Crippen LogP contribution is 2.46. The van der Waals surface area contributed by atoms with Crippen molar-refractivity contribution in [2.45, 2.75) is 32.9 Å². The molecule has 0 aliphatic heterocycles. The van der Waals surface area contributed by atoms with Gasteiger partial charge in [-0.2, -0.15) is 13.2 Å². The van der Waals surface area contributed by atoms with Gasteiger partial charge in [0, 0.05) is 12.1 Å². The molecule has 0 bridgehead atoms. The summed E-state index contributed by atoms with van der Waals surface area (Å²) in [5.74, 6) is 0.0509. The third-order valence-electron chi connectivity index (χ3n) is 4.08. The topological polar surface area (TPSA) is 86.3 Å². The van der Waals surface area contributed by atoms with Crippen LogP contribution >= 0.6 is 11.6 Å². The van der Waals surface area contributed by atoms with Crippen molar-refractivity contribution < 1.29 is 23.0 Å². The predicted octanol–water partition coefficient (Wildman–Crippen LogP) is 4.89.